The van der Waals surface area contributed by atoms with Crippen LogP contribution in [0.2, 0.25) is 5.02 Å². The fraction of sp³-hybridized carbons (Fsp3) is 0.238. The molecule has 0 unspecified atom stereocenters. The number of ether oxygens (including phenoxy) is 1. The third-order valence-corrected chi connectivity index (χ3v) is 5.44. The molecule has 0 fully saturated rings. The van der Waals surface area contributed by atoms with Crippen molar-refractivity contribution in [2.45, 2.75) is 19.3 Å². The maximum Gasteiger partial charge on any atom is 0.258 e. The summed E-state index contributed by atoms with van der Waals surface area (Å²) in [5, 5.41) is 13.3. The lowest BCUT2D eigenvalue weighted by Gasteiger charge is -2.24. The van der Waals surface area contributed by atoms with E-state index in [1.807, 2.05) is 72.2 Å². The molecule has 5 rings (SSSR count). The Morgan fingerprint density at radius 3 is 2.83 bits per heavy atom. The molecule has 2 aromatic heterocycles. The Labute approximate surface area is 178 Å². The summed E-state index contributed by atoms with van der Waals surface area (Å²) in [7, 11) is 3.97. The molecule has 2 aromatic carbocycles. The quantitative estimate of drug-likeness (QED) is 0.491. The molecule has 0 saturated carbocycles. The third kappa shape index (κ3) is 3.34. The molecule has 3 heterocycles. The second-order valence-electron chi connectivity index (χ2n) is 7.26. The van der Waals surface area contributed by atoms with Crippen molar-refractivity contribution >= 4 is 17.3 Å². The summed E-state index contributed by atoms with van der Waals surface area (Å²) >= 11 is 6.32. The van der Waals surface area contributed by atoms with Crippen LogP contribution >= 0.6 is 11.6 Å². The highest BCUT2D eigenvalue weighted by molar-refractivity contribution is 6.31. The van der Waals surface area contributed by atoms with Gasteiger partial charge < -0.3 is 14.2 Å². The standard InChI is InChI=1S/C21H19ClN6O2/c1-27(2)14-7-5-6-13(10-14)21-23-20(25-30-21)19-17-12-29-18(11-28(17)26-24-19)15-8-3-4-9-16(15)22/h3-10,18H,11-12H2,1-2H3/t18-/m1/s1. The molecule has 0 amide bonds. The van der Waals surface area contributed by atoms with Crippen LogP contribution in [0, 0.1) is 0 Å². The topological polar surface area (TPSA) is 82.1 Å². The lowest BCUT2D eigenvalue weighted by atomic mass is 10.1. The molecule has 1 aliphatic heterocycles. The van der Waals surface area contributed by atoms with Crippen molar-refractivity contribution in [2.75, 3.05) is 19.0 Å². The number of halogens is 1. The summed E-state index contributed by atoms with van der Waals surface area (Å²) in [4.78, 5) is 6.55. The monoisotopic (exact) mass is 422 g/mol. The molecule has 0 aliphatic carbocycles. The number of anilines is 1. The van der Waals surface area contributed by atoms with Crippen LogP contribution in [0.5, 0.6) is 0 Å². The van der Waals surface area contributed by atoms with Crippen molar-refractivity contribution < 1.29 is 9.26 Å². The van der Waals surface area contributed by atoms with E-state index < -0.39 is 0 Å². The van der Waals surface area contributed by atoms with E-state index in [-0.39, 0.29) is 6.10 Å². The Morgan fingerprint density at radius 1 is 1.13 bits per heavy atom. The van der Waals surface area contributed by atoms with Crippen LogP contribution in [0.4, 0.5) is 5.69 Å². The fourth-order valence-corrected chi connectivity index (χ4v) is 3.72. The van der Waals surface area contributed by atoms with Crippen LogP contribution < -0.4 is 4.90 Å². The highest BCUT2D eigenvalue weighted by Crippen LogP contribution is 2.33. The summed E-state index contributed by atoms with van der Waals surface area (Å²) < 4.78 is 13.4. The van der Waals surface area contributed by atoms with Crippen molar-refractivity contribution in [3.63, 3.8) is 0 Å². The van der Waals surface area contributed by atoms with Gasteiger partial charge >= 0.3 is 0 Å². The van der Waals surface area contributed by atoms with E-state index in [0.29, 0.717) is 35.6 Å². The van der Waals surface area contributed by atoms with Gasteiger partial charge in [0.25, 0.3) is 5.89 Å². The average Bonchev–Trinajstić information content (AvgIpc) is 3.41. The molecule has 8 nitrogen and oxygen atoms in total. The smallest absolute Gasteiger partial charge is 0.258 e. The van der Waals surface area contributed by atoms with Gasteiger partial charge in [0.1, 0.15) is 6.10 Å². The Kier molecular flexibility index (Phi) is 4.72. The molecule has 1 atom stereocenters. The molecule has 0 radical (unpaired) electrons. The summed E-state index contributed by atoms with van der Waals surface area (Å²) in [5.41, 5.74) is 4.20. The number of benzene rings is 2. The Hall–Kier alpha value is -3.23. The molecular formula is C21H19ClN6O2. The van der Waals surface area contributed by atoms with E-state index in [1.165, 1.54) is 0 Å². The van der Waals surface area contributed by atoms with Crippen molar-refractivity contribution in [1.82, 2.24) is 25.1 Å². The number of fused-ring (bicyclic) bond motifs is 1. The summed E-state index contributed by atoms with van der Waals surface area (Å²) in [6.45, 7) is 0.847. The number of hydrogen-bond acceptors (Lipinski definition) is 7. The molecule has 152 valence electrons. The van der Waals surface area contributed by atoms with E-state index in [1.54, 1.807) is 0 Å². The molecule has 0 saturated heterocycles. The van der Waals surface area contributed by atoms with Crippen LogP contribution in [-0.4, -0.2) is 39.2 Å². The number of aromatic nitrogens is 5. The van der Waals surface area contributed by atoms with Crippen LogP contribution in [-0.2, 0) is 17.9 Å². The molecular weight excluding hydrogens is 404 g/mol. The minimum absolute atomic E-state index is 0.185. The van der Waals surface area contributed by atoms with Crippen LogP contribution in [0.3, 0.4) is 0 Å². The molecule has 1 aliphatic rings. The number of rotatable bonds is 4. The molecule has 9 heteroatoms. The first-order chi connectivity index (χ1) is 14.6. The van der Waals surface area contributed by atoms with Gasteiger partial charge in [-0.2, -0.15) is 4.98 Å². The Balaban J connectivity index is 1.42. The number of nitrogens with zero attached hydrogens (tertiary/aromatic N) is 6. The summed E-state index contributed by atoms with van der Waals surface area (Å²) in [6, 6.07) is 15.6. The first-order valence-electron chi connectivity index (χ1n) is 9.50. The maximum atomic E-state index is 6.32. The Bertz CT molecular complexity index is 1200. The largest absolute Gasteiger partial charge is 0.378 e. The highest BCUT2D eigenvalue weighted by atomic mass is 35.5. The average molecular weight is 423 g/mol. The molecule has 0 bridgehead atoms. The SMILES string of the molecule is CN(C)c1cccc(-c2nc(-c3nnn4c3CO[C@@H](c3ccccc3Cl)C4)no2)c1. The minimum Gasteiger partial charge on any atom is -0.378 e. The highest BCUT2D eigenvalue weighted by Gasteiger charge is 2.28. The van der Waals surface area contributed by atoms with Crippen molar-refractivity contribution in [3.8, 4) is 23.0 Å². The zero-order valence-electron chi connectivity index (χ0n) is 16.5. The molecule has 30 heavy (non-hydrogen) atoms. The molecule has 0 spiro atoms. The van der Waals surface area contributed by atoms with Gasteiger partial charge in [0.05, 0.1) is 18.8 Å². The predicted octanol–water partition coefficient (Wildman–Crippen LogP) is 3.99. The second-order valence-corrected chi connectivity index (χ2v) is 7.66. The second kappa shape index (κ2) is 7.55. The van der Waals surface area contributed by atoms with Crippen molar-refractivity contribution in [1.29, 1.82) is 0 Å². The van der Waals surface area contributed by atoms with E-state index >= 15 is 0 Å². The van der Waals surface area contributed by atoms with Gasteiger partial charge in [0, 0.05) is 35.9 Å². The van der Waals surface area contributed by atoms with E-state index in [9.17, 15) is 0 Å². The summed E-state index contributed by atoms with van der Waals surface area (Å²) in [6.07, 6.45) is -0.185. The van der Waals surface area contributed by atoms with E-state index in [2.05, 4.69) is 20.5 Å². The minimum atomic E-state index is -0.185. The van der Waals surface area contributed by atoms with Gasteiger partial charge in [0.15, 0.2) is 5.69 Å². The zero-order valence-corrected chi connectivity index (χ0v) is 17.2. The lowest BCUT2D eigenvalue weighted by molar-refractivity contribution is -0.00106. The normalized spacial score (nSPS) is 15.8. The van der Waals surface area contributed by atoms with Crippen LogP contribution in [0.15, 0.2) is 53.1 Å². The summed E-state index contributed by atoms with van der Waals surface area (Å²) in [5.74, 6) is 0.822. The molecule has 0 N–H and O–H groups in total. The van der Waals surface area contributed by atoms with E-state index in [4.69, 9.17) is 20.9 Å². The van der Waals surface area contributed by atoms with E-state index in [0.717, 1.165) is 22.5 Å². The first kappa shape index (κ1) is 18.8. The first-order valence-corrected chi connectivity index (χ1v) is 9.88. The predicted molar refractivity (Wildman–Crippen MR) is 112 cm³/mol. The van der Waals surface area contributed by atoms with Crippen LogP contribution in [0.1, 0.15) is 17.4 Å². The zero-order chi connectivity index (χ0) is 20.7. The molecule has 4 aromatic rings. The van der Waals surface area contributed by atoms with Gasteiger partial charge in [0.2, 0.25) is 5.82 Å². The Morgan fingerprint density at radius 2 is 2.00 bits per heavy atom. The van der Waals surface area contributed by atoms with Crippen molar-refractivity contribution in [3.05, 3.63) is 64.8 Å². The third-order valence-electron chi connectivity index (χ3n) is 5.10. The fourth-order valence-electron chi connectivity index (χ4n) is 3.46. The van der Waals surface area contributed by atoms with Crippen LogP contribution in [0.25, 0.3) is 23.0 Å². The van der Waals surface area contributed by atoms with Crippen molar-refractivity contribution in [2.24, 2.45) is 0 Å². The van der Waals surface area contributed by atoms with Gasteiger partial charge in [-0.15, -0.1) is 5.10 Å². The van der Waals surface area contributed by atoms with Gasteiger partial charge in [-0.05, 0) is 24.3 Å². The maximum absolute atomic E-state index is 6.32. The van der Waals surface area contributed by atoms with Gasteiger partial charge in [-0.25, -0.2) is 4.68 Å². The van der Waals surface area contributed by atoms with Gasteiger partial charge in [-0.1, -0.05) is 46.2 Å². The number of hydrogen-bond donors (Lipinski definition) is 0. The van der Waals surface area contributed by atoms with Gasteiger partial charge in [-0.3, -0.25) is 0 Å². The lowest BCUT2D eigenvalue weighted by Crippen LogP contribution is -2.22.